The number of benzene rings is 1. The summed E-state index contributed by atoms with van der Waals surface area (Å²) < 4.78 is 1.62. The summed E-state index contributed by atoms with van der Waals surface area (Å²) >= 11 is 0. The number of hydrogen-bond acceptors (Lipinski definition) is 10. The lowest BCUT2D eigenvalue weighted by atomic mass is 10.0. The topological polar surface area (TPSA) is 165 Å². The van der Waals surface area contributed by atoms with Crippen LogP contribution in [0.1, 0.15) is 30.4 Å². The number of nitrogens with zero attached hydrogens (tertiary/aromatic N) is 6. The fourth-order valence-corrected chi connectivity index (χ4v) is 4.00. The molecule has 3 aromatic heterocycles. The van der Waals surface area contributed by atoms with Gasteiger partial charge in [-0.25, -0.2) is 9.97 Å². The predicted molar refractivity (Wildman–Crippen MR) is 132 cm³/mol. The Kier molecular flexibility index (Phi) is 5.25. The van der Waals surface area contributed by atoms with Gasteiger partial charge in [0.25, 0.3) is 5.91 Å². The Labute approximate surface area is 205 Å². The monoisotopic (exact) mass is 482 g/mol. The second-order valence-electron chi connectivity index (χ2n) is 8.69. The summed E-state index contributed by atoms with van der Waals surface area (Å²) in [7, 11) is 0. The minimum absolute atomic E-state index is 0.0329. The van der Waals surface area contributed by atoms with Crippen molar-refractivity contribution in [3.05, 3.63) is 59.6 Å². The molecule has 12 heteroatoms. The molecule has 0 radical (unpaired) electrons. The number of rotatable bonds is 7. The van der Waals surface area contributed by atoms with Crippen molar-refractivity contribution in [2.45, 2.75) is 31.8 Å². The van der Waals surface area contributed by atoms with Gasteiger partial charge in [0.2, 0.25) is 23.8 Å². The van der Waals surface area contributed by atoms with Crippen molar-refractivity contribution in [2.75, 3.05) is 16.4 Å². The third-order valence-electron chi connectivity index (χ3n) is 5.97. The Morgan fingerprint density at radius 1 is 1.11 bits per heavy atom. The highest BCUT2D eigenvalue weighted by atomic mass is 16.2. The maximum absolute atomic E-state index is 12.1. The van der Waals surface area contributed by atoms with E-state index >= 15 is 0 Å². The molecule has 5 N–H and O–H groups in total. The van der Waals surface area contributed by atoms with Gasteiger partial charge in [-0.05, 0) is 30.0 Å². The largest absolute Gasteiger partial charge is 0.368 e. The third kappa shape index (κ3) is 4.31. The van der Waals surface area contributed by atoms with Crippen LogP contribution in [0.4, 0.5) is 17.8 Å². The number of amides is 2. The van der Waals surface area contributed by atoms with Gasteiger partial charge in [0.05, 0.1) is 12.6 Å². The zero-order valence-electron chi connectivity index (χ0n) is 19.1. The summed E-state index contributed by atoms with van der Waals surface area (Å²) in [4.78, 5) is 41.2. The summed E-state index contributed by atoms with van der Waals surface area (Å²) in [6, 6.07) is 8.24. The number of hydrogen-bond donors (Lipinski definition) is 4. The maximum Gasteiger partial charge on any atom is 0.254 e. The molecule has 36 heavy (non-hydrogen) atoms. The lowest BCUT2D eigenvalue weighted by Crippen LogP contribution is -2.19. The Morgan fingerprint density at radius 2 is 1.92 bits per heavy atom. The minimum Gasteiger partial charge on any atom is -0.368 e. The maximum atomic E-state index is 12.1. The van der Waals surface area contributed by atoms with Crippen LogP contribution in [0.3, 0.4) is 0 Å². The number of carbonyl (C=O) groups is 2. The number of nitrogens with one attached hydrogen (secondary N) is 3. The first-order chi connectivity index (χ1) is 17.5. The van der Waals surface area contributed by atoms with Crippen LogP contribution in [-0.4, -0.2) is 47.4 Å². The summed E-state index contributed by atoms with van der Waals surface area (Å²) in [6.45, 7) is 0.445. The second-order valence-corrected chi connectivity index (χ2v) is 8.69. The summed E-state index contributed by atoms with van der Waals surface area (Å²) in [5.41, 5.74) is 9.98. The highest BCUT2D eigenvalue weighted by Gasteiger charge is 2.26. The Hall–Kier alpha value is -4.87. The first-order valence-electron chi connectivity index (χ1n) is 11.5. The number of nitrogens with two attached hydrogens (primary N) is 1. The van der Waals surface area contributed by atoms with E-state index in [1.165, 1.54) is 0 Å². The molecule has 180 valence electrons. The molecule has 12 nitrogen and oxygen atoms in total. The average Bonchev–Trinajstić information content (AvgIpc) is 3.51. The molecule has 0 unspecified atom stereocenters. The van der Waals surface area contributed by atoms with Crippen molar-refractivity contribution in [1.82, 2.24) is 34.9 Å². The zero-order valence-corrected chi connectivity index (χ0v) is 19.1. The first kappa shape index (κ1) is 21.6. The number of imide groups is 1. The van der Waals surface area contributed by atoms with E-state index in [-0.39, 0.29) is 18.3 Å². The van der Waals surface area contributed by atoms with E-state index in [2.05, 4.69) is 41.0 Å². The lowest BCUT2D eigenvalue weighted by Gasteiger charge is -2.12. The van der Waals surface area contributed by atoms with Gasteiger partial charge in [0.1, 0.15) is 0 Å². The van der Waals surface area contributed by atoms with Crippen LogP contribution >= 0.6 is 0 Å². The van der Waals surface area contributed by atoms with Gasteiger partial charge >= 0.3 is 0 Å². The Bertz CT molecular complexity index is 1520. The summed E-state index contributed by atoms with van der Waals surface area (Å²) in [5, 5.41) is 13.4. The van der Waals surface area contributed by atoms with E-state index in [4.69, 9.17) is 5.73 Å². The Balaban J connectivity index is 1.33. The van der Waals surface area contributed by atoms with Crippen molar-refractivity contribution in [1.29, 1.82) is 0 Å². The van der Waals surface area contributed by atoms with Crippen molar-refractivity contribution in [2.24, 2.45) is 0 Å². The normalized spacial score (nSPS) is 16.5. The molecule has 4 aromatic rings. The zero-order chi connectivity index (χ0) is 24.6. The number of aromatic nitrogens is 6. The molecule has 0 atom stereocenters. The van der Waals surface area contributed by atoms with E-state index in [0.29, 0.717) is 41.3 Å². The highest BCUT2D eigenvalue weighted by Crippen LogP contribution is 2.27. The number of anilines is 3. The van der Waals surface area contributed by atoms with Crippen LogP contribution in [-0.2, 0) is 16.1 Å². The minimum atomic E-state index is -0.397. The number of nitrogen functional groups attached to an aromatic ring is 1. The molecule has 1 aliphatic carbocycles. The van der Waals surface area contributed by atoms with Crippen molar-refractivity contribution in [3.8, 4) is 11.1 Å². The molecular formula is C24H22N10O2. The molecule has 2 amide bonds. The van der Waals surface area contributed by atoms with Crippen LogP contribution < -0.4 is 21.7 Å². The van der Waals surface area contributed by atoms with Crippen LogP contribution in [0.2, 0.25) is 0 Å². The predicted octanol–water partition coefficient (Wildman–Crippen LogP) is 1.78. The van der Waals surface area contributed by atoms with Crippen molar-refractivity contribution < 1.29 is 9.59 Å². The Morgan fingerprint density at radius 3 is 2.67 bits per heavy atom. The van der Waals surface area contributed by atoms with Gasteiger partial charge < -0.3 is 16.4 Å². The third-order valence-corrected chi connectivity index (χ3v) is 5.97. The number of carbonyl (C=O) groups excluding carboxylic acids is 2. The molecule has 1 saturated carbocycles. The second kappa shape index (κ2) is 8.73. The molecule has 2 aliphatic rings. The van der Waals surface area contributed by atoms with Crippen molar-refractivity contribution >= 4 is 41.4 Å². The van der Waals surface area contributed by atoms with Crippen LogP contribution in [0, 0.1) is 0 Å². The summed E-state index contributed by atoms with van der Waals surface area (Å²) in [5.74, 6) is 0.466. The van der Waals surface area contributed by atoms with E-state index in [0.717, 1.165) is 29.5 Å². The van der Waals surface area contributed by atoms with Gasteiger partial charge in [-0.3, -0.25) is 14.9 Å². The van der Waals surface area contributed by atoms with E-state index < -0.39 is 5.91 Å². The molecule has 2 fully saturated rings. The van der Waals surface area contributed by atoms with E-state index in [1.807, 2.05) is 24.3 Å². The molecule has 0 spiro atoms. The van der Waals surface area contributed by atoms with Gasteiger partial charge in [0.15, 0.2) is 5.65 Å². The number of fused-ring (bicyclic) bond motifs is 1. The highest BCUT2D eigenvalue weighted by molar-refractivity contribution is 6.15. The van der Waals surface area contributed by atoms with E-state index in [9.17, 15) is 9.59 Å². The molecule has 1 saturated heterocycles. The fraction of sp³-hybridized carbons (Fsp3) is 0.208. The molecule has 1 aromatic carbocycles. The lowest BCUT2D eigenvalue weighted by molar-refractivity contribution is -0.124. The van der Waals surface area contributed by atoms with Gasteiger partial charge in [-0.1, -0.05) is 24.3 Å². The first-order valence-corrected chi connectivity index (χ1v) is 11.5. The van der Waals surface area contributed by atoms with Gasteiger partial charge in [-0.2, -0.15) is 19.6 Å². The van der Waals surface area contributed by atoms with Crippen LogP contribution in [0.5, 0.6) is 0 Å². The molecular weight excluding hydrogens is 460 g/mol. The van der Waals surface area contributed by atoms with Gasteiger partial charge in [-0.15, -0.1) is 0 Å². The van der Waals surface area contributed by atoms with Crippen molar-refractivity contribution in [3.63, 3.8) is 0 Å². The smallest absolute Gasteiger partial charge is 0.254 e. The average molecular weight is 483 g/mol. The van der Waals surface area contributed by atoms with Crippen LogP contribution in [0.15, 0.2) is 48.4 Å². The molecule has 1 aliphatic heterocycles. The van der Waals surface area contributed by atoms with Crippen LogP contribution in [0.25, 0.3) is 22.9 Å². The molecule has 0 bridgehead atoms. The van der Waals surface area contributed by atoms with E-state index in [1.54, 1.807) is 29.2 Å². The summed E-state index contributed by atoms with van der Waals surface area (Å²) in [6.07, 6.45) is 8.80. The molecule has 4 heterocycles. The fourth-order valence-electron chi connectivity index (χ4n) is 4.00. The molecule has 6 rings (SSSR count). The van der Waals surface area contributed by atoms with Gasteiger partial charge in [0, 0.05) is 41.7 Å². The standard InChI is InChI=1S/C24H22N10O2/c25-22-26-10-16(11-27-22)18-4-2-1-3-13(18)9-28-23-32-20-15(7-14-8-19(35)31-21(14)36)12-29-34(20)24(33-23)30-17-5-6-17/h1-4,7,10-12,17H,5-6,8-9H2,(H2,25,26,27)(H,31,35,36)(H2,28,30,32,33)/b14-7+. The quantitative estimate of drug-likeness (QED) is 0.225. The SMILES string of the molecule is Nc1ncc(-c2ccccc2CNc2nc(NC3CC3)n3ncc(/C=C4\CC(=O)NC4=O)c3n2)cn1.